The first-order chi connectivity index (χ1) is 39.1. The highest BCUT2D eigenvalue weighted by Gasteiger charge is 2.59. The number of carbonyl (C=O) groups excluding carboxylic acids is 6. The van der Waals surface area contributed by atoms with Crippen LogP contribution in [0.3, 0.4) is 0 Å². The topological polar surface area (TPSA) is 276 Å². The molecular formula is C57H96N4O19S. The number of amides is 4. The molecule has 4 amide bonds. The maximum atomic E-state index is 12.8. The predicted molar refractivity (Wildman–Crippen MR) is 295 cm³/mol. The van der Waals surface area contributed by atoms with Crippen LogP contribution in [0.25, 0.3) is 0 Å². The second-order valence-electron chi connectivity index (χ2n) is 22.9. The molecular weight excluding hydrogens is 1080 g/mol. The molecule has 5 rings (SSSR count). The maximum absolute atomic E-state index is 12.8. The van der Waals surface area contributed by atoms with Crippen LogP contribution in [0.15, 0.2) is 11.6 Å². The lowest BCUT2D eigenvalue weighted by Crippen LogP contribution is -2.51. The third kappa shape index (κ3) is 23.0. The molecule has 1 heterocycles. The quantitative estimate of drug-likeness (QED) is 0.0212. The van der Waals surface area contributed by atoms with Gasteiger partial charge in [0.1, 0.15) is 32.0 Å². The van der Waals surface area contributed by atoms with Gasteiger partial charge in [-0.2, -0.15) is 0 Å². The monoisotopic (exact) mass is 1170 g/mol. The van der Waals surface area contributed by atoms with Crippen molar-refractivity contribution < 1.29 is 90.3 Å². The summed E-state index contributed by atoms with van der Waals surface area (Å²) in [5.74, 6) is 2.92. The number of Topliss-reactive ketones (excluding diaryl/α,β-unsaturated/α-hetero) is 1. The Labute approximate surface area is 483 Å². The molecule has 7 unspecified atom stereocenters. The number of carbonyl (C=O) groups is 6. The number of hydrogen-bond donors (Lipinski definition) is 3. The molecule has 24 heteroatoms. The first-order valence-corrected chi connectivity index (χ1v) is 30.1. The molecule has 0 aromatic heterocycles. The van der Waals surface area contributed by atoms with E-state index in [1.807, 2.05) is 0 Å². The van der Waals surface area contributed by atoms with Crippen molar-refractivity contribution in [3.8, 4) is 0 Å². The Morgan fingerprint density at radius 3 is 1.88 bits per heavy atom. The van der Waals surface area contributed by atoms with E-state index in [1.165, 1.54) is 62.3 Å². The van der Waals surface area contributed by atoms with Crippen LogP contribution in [-0.2, 0) is 90.3 Å². The number of ether oxygens (including phenoxy) is 13. The molecule has 0 bridgehead atoms. The summed E-state index contributed by atoms with van der Waals surface area (Å²) in [6.45, 7) is 11.5. The van der Waals surface area contributed by atoms with E-state index in [0.29, 0.717) is 17.8 Å². The molecule has 1 aliphatic heterocycles. The number of imide groups is 1. The average molecular weight is 1170 g/mol. The molecule has 1 saturated heterocycles. The van der Waals surface area contributed by atoms with Gasteiger partial charge < -0.3 is 77.9 Å². The van der Waals surface area contributed by atoms with Crippen molar-refractivity contribution >= 4 is 47.1 Å². The number of nitrogens with one attached hydrogen (secondary N) is 2. The van der Waals surface area contributed by atoms with Gasteiger partial charge in [0, 0.05) is 44.6 Å². The molecule has 0 spiro atoms. The summed E-state index contributed by atoms with van der Waals surface area (Å²) in [5, 5.41) is 4.83. The number of nitrogens with two attached hydrogens (primary N) is 1. The average Bonchev–Trinajstić information content (AvgIpc) is 3.42. The number of fused-ring (bicyclic) bond motifs is 5. The highest BCUT2D eigenvalue weighted by molar-refractivity contribution is 8.00. The van der Waals surface area contributed by atoms with E-state index in [2.05, 4.69) is 51.3 Å². The van der Waals surface area contributed by atoms with Crippen LogP contribution >= 0.6 is 11.8 Å². The Morgan fingerprint density at radius 1 is 0.704 bits per heavy atom. The number of nitrogens with zero attached hydrogens (tertiary/aromatic N) is 1. The molecule has 0 aromatic carbocycles. The van der Waals surface area contributed by atoms with Crippen molar-refractivity contribution in [3.05, 3.63) is 11.6 Å². The fourth-order valence-corrected chi connectivity index (χ4v) is 14.1. The van der Waals surface area contributed by atoms with E-state index < -0.39 is 23.2 Å². The van der Waals surface area contributed by atoms with Crippen molar-refractivity contribution in [3.63, 3.8) is 0 Å². The van der Waals surface area contributed by atoms with Gasteiger partial charge in [0.05, 0.1) is 24.3 Å². The molecule has 5 aliphatic rings. The largest absolute Gasteiger partial charge is 0.461 e. The van der Waals surface area contributed by atoms with Gasteiger partial charge in [0.25, 0.3) is 0 Å². The van der Waals surface area contributed by atoms with Gasteiger partial charge in [-0.05, 0) is 105 Å². The number of ketones is 1. The molecule has 10 atom stereocenters. The summed E-state index contributed by atoms with van der Waals surface area (Å²) in [6, 6.07) is -0.607. The Morgan fingerprint density at radius 2 is 1.30 bits per heavy atom. The summed E-state index contributed by atoms with van der Waals surface area (Å²) in [7, 11) is 1.59. The minimum absolute atomic E-state index is 0.0209. The minimum Gasteiger partial charge on any atom is -0.461 e. The first-order valence-electron chi connectivity index (χ1n) is 29.1. The number of thioether (sulfide) groups is 1. The molecule has 23 nitrogen and oxygen atoms in total. The molecule has 4 fully saturated rings. The van der Waals surface area contributed by atoms with E-state index in [0.717, 1.165) is 60.2 Å². The number of esters is 1. The highest BCUT2D eigenvalue weighted by Crippen LogP contribution is 2.67. The molecule has 0 aromatic rings. The third-order valence-corrected chi connectivity index (χ3v) is 18.3. The van der Waals surface area contributed by atoms with Crippen LogP contribution in [0.4, 0.5) is 0 Å². The zero-order valence-electron chi connectivity index (χ0n) is 49.1. The lowest BCUT2D eigenvalue weighted by atomic mass is 9.47. The molecule has 3 saturated carbocycles. The number of rotatable bonds is 45. The maximum Gasteiger partial charge on any atom is 0.325 e. The Bertz CT molecular complexity index is 1950. The highest BCUT2D eigenvalue weighted by atomic mass is 32.2. The summed E-state index contributed by atoms with van der Waals surface area (Å²) in [5.41, 5.74) is 7.43. The van der Waals surface area contributed by atoms with Crippen molar-refractivity contribution in [1.82, 2.24) is 15.5 Å². The predicted octanol–water partition coefficient (Wildman–Crippen LogP) is 5.85. The summed E-state index contributed by atoms with van der Waals surface area (Å²) in [4.78, 5) is 74.9. The van der Waals surface area contributed by atoms with Crippen molar-refractivity contribution in [1.29, 1.82) is 0 Å². The van der Waals surface area contributed by atoms with Gasteiger partial charge in [-0.25, -0.2) is 0 Å². The lowest BCUT2D eigenvalue weighted by Gasteiger charge is -2.58. The molecule has 4 aliphatic carbocycles. The summed E-state index contributed by atoms with van der Waals surface area (Å²) >= 11 is 1.20. The molecule has 464 valence electrons. The van der Waals surface area contributed by atoms with Crippen molar-refractivity contribution in [2.75, 3.05) is 114 Å². The first kappa shape index (κ1) is 68.6. The smallest absolute Gasteiger partial charge is 0.325 e. The number of likely N-dealkylation sites (N-methyl/N-ethyl adjacent to an activating group) is 1. The summed E-state index contributed by atoms with van der Waals surface area (Å²) < 4.78 is 68.2. The standard InChI is InChI=1S/C57H96N4O19S/c1-40(2)9-7-10-41(3)46-14-15-47-45-13-12-42-25-44(16-20-56(42,4)48(45)17-21-57(46,47)5)80-53(65)27-60-51(63)19-24-69-30-71-32-73-34-75-36-77-38-79-39-78-37-76-35-74-33-72-31-70-29-68-23-8-11-43(62)18-22-61-52(64)26-50(55(61)67)81-28-49(59-6)54(58)66/h12,40-41,44-50,59H,7-11,13-39H2,1-6H3,(H2,58,66)(H,60,63)/t41-,44?,45?,46?,47?,48?,49?,50?,56+,57-/m1/s1. The molecule has 4 N–H and O–H groups in total. The fraction of sp³-hybridized carbons (Fsp3) is 0.860. The van der Waals surface area contributed by atoms with Crippen molar-refractivity contribution in [2.24, 2.45) is 52.1 Å². The molecule has 81 heavy (non-hydrogen) atoms. The second kappa shape index (κ2) is 37.3. The number of allylic oxidation sites excluding steroid dienone is 1. The van der Waals surface area contributed by atoms with Gasteiger partial charge in [0.15, 0.2) is 61.1 Å². The number of likely N-dealkylation sites (tertiary alicyclic amines) is 1. The van der Waals surface area contributed by atoms with Crippen LogP contribution in [0.2, 0.25) is 0 Å². The van der Waals surface area contributed by atoms with Gasteiger partial charge in [-0.3, -0.25) is 33.7 Å². The van der Waals surface area contributed by atoms with E-state index in [4.69, 9.17) is 67.3 Å². The Kier molecular flexibility index (Phi) is 31.5. The zero-order valence-corrected chi connectivity index (χ0v) is 49.9. The van der Waals surface area contributed by atoms with Crippen LogP contribution in [0.1, 0.15) is 137 Å². The van der Waals surface area contributed by atoms with Crippen LogP contribution in [-0.4, -0.2) is 172 Å². The van der Waals surface area contributed by atoms with E-state index >= 15 is 0 Å². The normalized spacial score (nSPS) is 26.0. The van der Waals surface area contributed by atoms with Crippen molar-refractivity contribution in [2.45, 2.75) is 155 Å². The SMILES string of the molecule is CNC(CSC1CC(=O)N(CCC(=O)CCCOCOCOCOCOCOCOCOCOCOCOCOCCC(=O)NCC(=O)OC2CC[C@@]3(C)C(=CCC4C5CCC([C@H](C)CCCC(C)C)[C@@]5(C)CCC43)C2)C1=O)C(N)=O. The van der Waals surface area contributed by atoms with Gasteiger partial charge in [0.2, 0.25) is 23.6 Å². The number of primary amides is 1. The Balaban J connectivity index is 0.728. The van der Waals surface area contributed by atoms with E-state index in [1.54, 1.807) is 7.05 Å². The van der Waals surface area contributed by atoms with Gasteiger partial charge in [-0.15, -0.1) is 11.8 Å². The van der Waals surface area contributed by atoms with Crippen LogP contribution in [0, 0.1) is 46.3 Å². The van der Waals surface area contributed by atoms with Gasteiger partial charge >= 0.3 is 5.97 Å². The van der Waals surface area contributed by atoms with E-state index in [-0.39, 0.29) is 167 Å². The molecule has 0 radical (unpaired) electrons. The van der Waals surface area contributed by atoms with E-state index in [9.17, 15) is 28.8 Å². The van der Waals surface area contributed by atoms with Crippen LogP contribution < -0.4 is 16.4 Å². The van der Waals surface area contributed by atoms with Gasteiger partial charge in [-0.1, -0.05) is 65.5 Å². The second-order valence-corrected chi connectivity index (χ2v) is 24.1. The van der Waals surface area contributed by atoms with Crippen LogP contribution in [0.5, 0.6) is 0 Å². The summed E-state index contributed by atoms with van der Waals surface area (Å²) in [6.07, 6.45) is 16.5. The lowest BCUT2D eigenvalue weighted by molar-refractivity contribution is -0.234. The Hall–Kier alpha value is -3.21. The minimum atomic E-state index is -0.607. The zero-order chi connectivity index (χ0) is 58.5. The number of hydrogen-bond acceptors (Lipinski definition) is 21. The third-order valence-electron chi connectivity index (χ3n) is 17.0. The fourth-order valence-electron chi connectivity index (χ4n) is 12.8.